The minimum absolute atomic E-state index is 0.186. The summed E-state index contributed by atoms with van der Waals surface area (Å²) < 4.78 is 5.36. The molecule has 2 aromatic carbocycles. The topological polar surface area (TPSA) is 72.5 Å². The molecule has 5 nitrogen and oxygen atoms in total. The van der Waals surface area contributed by atoms with Crippen LogP contribution < -0.4 is 10.1 Å². The van der Waals surface area contributed by atoms with E-state index in [-0.39, 0.29) is 11.9 Å². The summed E-state index contributed by atoms with van der Waals surface area (Å²) in [7, 11) is 0. The van der Waals surface area contributed by atoms with Crippen molar-refractivity contribution in [2.75, 3.05) is 5.32 Å². The van der Waals surface area contributed by atoms with Crippen molar-refractivity contribution in [3.05, 3.63) is 71.8 Å². The van der Waals surface area contributed by atoms with Crippen LogP contribution in [-0.2, 0) is 9.59 Å². The second-order valence-electron chi connectivity index (χ2n) is 7.42. The van der Waals surface area contributed by atoms with E-state index in [9.17, 15) is 14.4 Å². The highest BCUT2D eigenvalue weighted by Crippen LogP contribution is 2.21. The van der Waals surface area contributed by atoms with Gasteiger partial charge in [-0.2, -0.15) is 0 Å². The van der Waals surface area contributed by atoms with Crippen molar-refractivity contribution in [2.24, 2.45) is 0 Å². The summed E-state index contributed by atoms with van der Waals surface area (Å²) in [5.41, 5.74) is 2.21. The lowest BCUT2D eigenvalue weighted by Gasteiger charge is -2.07. The average Bonchev–Trinajstić information content (AvgIpc) is 3.17. The number of carbonyl (C=O) groups is 3. The van der Waals surface area contributed by atoms with Gasteiger partial charge in [-0.1, -0.05) is 37.1 Å². The first kappa shape index (κ1) is 21.5. The highest BCUT2D eigenvalue weighted by molar-refractivity contribution is 6.04. The predicted molar refractivity (Wildman–Crippen MR) is 116 cm³/mol. The first-order valence-electron chi connectivity index (χ1n) is 10.5. The van der Waals surface area contributed by atoms with E-state index in [1.165, 1.54) is 0 Å². The Morgan fingerprint density at radius 3 is 2.33 bits per heavy atom. The highest BCUT2D eigenvalue weighted by atomic mass is 16.5. The van der Waals surface area contributed by atoms with Crippen LogP contribution >= 0.6 is 0 Å². The molecule has 30 heavy (non-hydrogen) atoms. The number of Topliss-reactive ketones (excluding diaryl/α,β-unsaturated/α-hetero) is 1. The molecule has 0 radical (unpaired) electrons. The molecule has 0 unspecified atom stereocenters. The maximum atomic E-state index is 12.1. The zero-order valence-electron chi connectivity index (χ0n) is 17.1. The van der Waals surface area contributed by atoms with E-state index < -0.39 is 0 Å². The molecule has 0 heterocycles. The van der Waals surface area contributed by atoms with Gasteiger partial charge in [0.1, 0.15) is 5.75 Å². The first-order chi connectivity index (χ1) is 14.6. The van der Waals surface area contributed by atoms with Crippen LogP contribution in [0.25, 0.3) is 0 Å². The number of anilines is 1. The Morgan fingerprint density at radius 2 is 1.63 bits per heavy atom. The van der Waals surface area contributed by atoms with Crippen LogP contribution in [0, 0.1) is 0 Å². The standard InChI is InChI=1S/C25H27NO4/c27-23-13-8-12-19(23)9-4-1-2-7-14-24(28)30-22-17-15-21(16-18-22)26-25(29)20-10-5-3-6-11-20/h3,5-6,10-12,15-18H,1-2,4,7-9,13-14H2,(H,26,29). The maximum absolute atomic E-state index is 12.1. The Bertz CT molecular complexity index is 901. The second kappa shape index (κ2) is 11.1. The number of ketones is 1. The molecule has 0 spiro atoms. The van der Waals surface area contributed by atoms with Gasteiger partial charge in [0.2, 0.25) is 0 Å². The molecule has 3 rings (SSSR count). The SMILES string of the molecule is O=C(CCCCCCC1=CCCC1=O)Oc1ccc(NC(=O)c2ccccc2)cc1. The van der Waals surface area contributed by atoms with E-state index in [0.717, 1.165) is 44.1 Å². The summed E-state index contributed by atoms with van der Waals surface area (Å²) in [5.74, 6) is 0.312. The van der Waals surface area contributed by atoms with Crippen LogP contribution in [0.3, 0.4) is 0 Å². The Morgan fingerprint density at radius 1 is 0.900 bits per heavy atom. The van der Waals surface area contributed by atoms with Gasteiger partial charge in [-0.25, -0.2) is 0 Å². The van der Waals surface area contributed by atoms with Crippen LogP contribution in [0.1, 0.15) is 61.7 Å². The van der Waals surface area contributed by atoms with Crippen molar-refractivity contribution in [2.45, 2.75) is 51.4 Å². The third-order valence-electron chi connectivity index (χ3n) is 5.08. The van der Waals surface area contributed by atoms with Gasteiger partial charge in [-0.05, 0) is 67.7 Å². The van der Waals surface area contributed by atoms with Crippen molar-refractivity contribution in [1.82, 2.24) is 0 Å². The fraction of sp³-hybridized carbons (Fsp3) is 0.320. The van der Waals surface area contributed by atoms with Crippen molar-refractivity contribution >= 4 is 23.3 Å². The molecule has 0 saturated heterocycles. The molecule has 1 aliphatic rings. The van der Waals surface area contributed by atoms with Crippen molar-refractivity contribution in [1.29, 1.82) is 0 Å². The van der Waals surface area contributed by atoms with Gasteiger partial charge in [0.05, 0.1) is 0 Å². The molecule has 0 aromatic heterocycles. The van der Waals surface area contributed by atoms with E-state index in [1.54, 1.807) is 36.4 Å². The van der Waals surface area contributed by atoms with Crippen LogP contribution in [0.2, 0.25) is 0 Å². The number of esters is 1. The normalized spacial score (nSPS) is 13.1. The van der Waals surface area contributed by atoms with E-state index in [4.69, 9.17) is 4.74 Å². The second-order valence-corrected chi connectivity index (χ2v) is 7.42. The Hall–Kier alpha value is -3.21. The molecular weight excluding hydrogens is 378 g/mol. The quantitative estimate of drug-likeness (QED) is 0.323. The molecule has 1 amide bonds. The number of ether oxygens (including phenoxy) is 1. The van der Waals surface area contributed by atoms with Gasteiger partial charge in [0.25, 0.3) is 5.91 Å². The Labute approximate surface area is 177 Å². The summed E-state index contributed by atoms with van der Waals surface area (Å²) in [4.78, 5) is 35.7. The van der Waals surface area contributed by atoms with Crippen LogP contribution in [0.15, 0.2) is 66.2 Å². The van der Waals surface area contributed by atoms with Crippen LogP contribution in [0.4, 0.5) is 5.69 Å². The molecule has 0 bridgehead atoms. The molecule has 5 heteroatoms. The van der Waals surface area contributed by atoms with E-state index in [1.807, 2.05) is 18.2 Å². The number of allylic oxidation sites excluding steroid dienone is 2. The summed E-state index contributed by atoms with van der Waals surface area (Å²) in [6.07, 6.45) is 8.55. The van der Waals surface area contributed by atoms with Crippen molar-refractivity contribution in [3.63, 3.8) is 0 Å². The number of hydrogen-bond donors (Lipinski definition) is 1. The lowest BCUT2D eigenvalue weighted by Crippen LogP contribution is -2.11. The third kappa shape index (κ3) is 6.69. The monoisotopic (exact) mass is 405 g/mol. The molecule has 1 N–H and O–H groups in total. The summed E-state index contributed by atoms with van der Waals surface area (Å²) in [6, 6.07) is 15.7. The molecule has 0 fully saturated rings. The number of benzene rings is 2. The van der Waals surface area contributed by atoms with Gasteiger partial charge in [0.15, 0.2) is 5.78 Å². The zero-order valence-corrected chi connectivity index (χ0v) is 17.1. The number of unbranched alkanes of at least 4 members (excludes halogenated alkanes) is 3. The summed E-state index contributed by atoms with van der Waals surface area (Å²) >= 11 is 0. The molecule has 0 saturated carbocycles. The van der Waals surface area contributed by atoms with Gasteiger partial charge in [-0.3, -0.25) is 14.4 Å². The number of nitrogens with one attached hydrogen (secondary N) is 1. The lowest BCUT2D eigenvalue weighted by atomic mass is 10.0. The molecule has 156 valence electrons. The minimum Gasteiger partial charge on any atom is -0.427 e. The average molecular weight is 405 g/mol. The molecule has 1 aliphatic carbocycles. The first-order valence-corrected chi connectivity index (χ1v) is 10.5. The zero-order chi connectivity index (χ0) is 21.2. The van der Waals surface area contributed by atoms with E-state index in [2.05, 4.69) is 11.4 Å². The van der Waals surface area contributed by atoms with Gasteiger partial charge < -0.3 is 10.1 Å². The van der Waals surface area contributed by atoms with Crippen molar-refractivity contribution in [3.8, 4) is 5.75 Å². The smallest absolute Gasteiger partial charge is 0.311 e. The van der Waals surface area contributed by atoms with Crippen molar-refractivity contribution < 1.29 is 19.1 Å². The highest BCUT2D eigenvalue weighted by Gasteiger charge is 2.14. The molecule has 0 atom stereocenters. The van der Waals surface area contributed by atoms with Gasteiger partial charge in [-0.15, -0.1) is 0 Å². The summed E-state index contributed by atoms with van der Waals surface area (Å²) in [6.45, 7) is 0. The number of amides is 1. The summed E-state index contributed by atoms with van der Waals surface area (Å²) in [5, 5.41) is 2.81. The fourth-order valence-electron chi connectivity index (χ4n) is 3.41. The largest absolute Gasteiger partial charge is 0.427 e. The Balaban J connectivity index is 1.32. The molecule has 0 aliphatic heterocycles. The maximum Gasteiger partial charge on any atom is 0.311 e. The van der Waals surface area contributed by atoms with E-state index >= 15 is 0 Å². The minimum atomic E-state index is -0.259. The number of carbonyl (C=O) groups excluding carboxylic acids is 3. The number of hydrogen-bond acceptors (Lipinski definition) is 4. The van der Waals surface area contributed by atoms with E-state index in [0.29, 0.717) is 35.6 Å². The predicted octanol–water partition coefficient (Wildman–Crippen LogP) is 5.47. The molecule has 2 aromatic rings. The van der Waals surface area contributed by atoms with Gasteiger partial charge >= 0.3 is 5.97 Å². The third-order valence-corrected chi connectivity index (χ3v) is 5.08. The van der Waals surface area contributed by atoms with Crippen LogP contribution in [-0.4, -0.2) is 17.7 Å². The van der Waals surface area contributed by atoms with Crippen LogP contribution in [0.5, 0.6) is 5.75 Å². The number of rotatable bonds is 10. The molecular formula is C25H27NO4. The lowest BCUT2D eigenvalue weighted by molar-refractivity contribution is -0.134. The van der Waals surface area contributed by atoms with Gasteiger partial charge in [0, 0.05) is 24.1 Å². The fourth-order valence-corrected chi connectivity index (χ4v) is 3.41. The Kier molecular flexibility index (Phi) is 7.95.